The van der Waals surface area contributed by atoms with Crippen molar-refractivity contribution in [2.75, 3.05) is 26.8 Å². The normalized spacial score (nSPS) is 12.6. The van der Waals surface area contributed by atoms with Crippen LogP contribution in [0.25, 0.3) is 0 Å². The maximum Gasteiger partial charge on any atom is 0.0587 e. The summed E-state index contributed by atoms with van der Waals surface area (Å²) in [6.45, 7) is 4.95. The number of rotatable bonds is 8. The molecule has 96 valence electrons. The lowest BCUT2D eigenvalue weighted by atomic mass is 9.97. The molecule has 1 aromatic carbocycles. The third-order valence-corrected chi connectivity index (χ3v) is 3.14. The molecule has 0 spiro atoms. The summed E-state index contributed by atoms with van der Waals surface area (Å²) in [5.74, 6) is 0.658. The van der Waals surface area contributed by atoms with Gasteiger partial charge in [0.25, 0.3) is 0 Å². The third kappa shape index (κ3) is 6.06. The molecule has 1 rings (SSSR count). The fraction of sp³-hybridized carbons (Fsp3) is 0.571. The lowest BCUT2D eigenvalue weighted by Crippen LogP contribution is -2.27. The van der Waals surface area contributed by atoms with E-state index in [2.05, 4.69) is 24.4 Å². The molecule has 1 aromatic rings. The number of hydrogen-bond donors (Lipinski definition) is 1. The van der Waals surface area contributed by atoms with Gasteiger partial charge in [-0.3, -0.25) is 0 Å². The van der Waals surface area contributed by atoms with E-state index in [9.17, 15) is 0 Å². The predicted octanol–water partition coefficient (Wildman–Crippen LogP) is 3.14. The Hall–Kier alpha value is -0.570. The average Bonchev–Trinajstić information content (AvgIpc) is 2.33. The Balaban J connectivity index is 2.35. The van der Waals surface area contributed by atoms with Gasteiger partial charge in [-0.25, -0.2) is 0 Å². The van der Waals surface area contributed by atoms with Gasteiger partial charge >= 0.3 is 0 Å². The van der Waals surface area contributed by atoms with Crippen LogP contribution in [0.15, 0.2) is 24.3 Å². The van der Waals surface area contributed by atoms with E-state index in [0.717, 1.165) is 31.1 Å². The number of halogens is 1. The van der Waals surface area contributed by atoms with E-state index in [4.69, 9.17) is 16.3 Å². The fourth-order valence-electron chi connectivity index (χ4n) is 1.84. The summed E-state index contributed by atoms with van der Waals surface area (Å²) in [5.41, 5.74) is 1.32. The molecule has 3 heteroatoms. The summed E-state index contributed by atoms with van der Waals surface area (Å²) in [7, 11) is 1.73. The van der Waals surface area contributed by atoms with E-state index >= 15 is 0 Å². The van der Waals surface area contributed by atoms with Gasteiger partial charge in [0.05, 0.1) is 6.61 Å². The van der Waals surface area contributed by atoms with Gasteiger partial charge in [0.15, 0.2) is 0 Å². The van der Waals surface area contributed by atoms with Crippen LogP contribution in [0, 0.1) is 5.92 Å². The molecule has 0 aromatic heterocycles. The highest BCUT2D eigenvalue weighted by atomic mass is 35.5. The molecule has 1 unspecified atom stereocenters. The van der Waals surface area contributed by atoms with Crippen LogP contribution in [0.3, 0.4) is 0 Å². The molecule has 0 heterocycles. The van der Waals surface area contributed by atoms with Crippen molar-refractivity contribution >= 4 is 11.6 Å². The maximum atomic E-state index is 5.98. The Morgan fingerprint density at radius 3 is 2.88 bits per heavy atom. The van der Waals surface area contributed by atoms with E-state index in [1.807, 2.05) is 12.1 Å². The van der Waals surface area contributed by atoms with Gasteiger partial charge < -0.3 is 10.1 Å². The molecule has 0 amide bonds. The van der Waals surface area contributed by atoms with Crippen LogP contribution < -0.4 is 5.32 Å². The Kier molecular flexibility index (Phi) is 7.25. The average molecular weight is 256 g/mol. The van der Waals surface area contributed by atoms with Gasteiger partial charge in [-0.1, -0.05) is 37.1 Å². The molecule has 0 radical (unpaired) electrons. The molecule has 0 aliphatic heterocycles. The van der Waals surface area contributed by atoms with Crippen LogP contribution in [0.5, 0.6) is 0 Å². The highest BCUT2D eigenvalue weighted by Gasteiger charge is 2.07. The summed E-state index contributed by atoms with van der Waals surface area (Å²) >= 11 is 5.98. The minimum Gasteiger partial charge on any atom is -0.383 e. The van der Waals surface area contributed by atoms with Gasteiger partial charge in [0.2, 0.25) is 0 Å². The number of nitrogens with one attached hydrogen (secondary N) is 1. The van der Waals surface area contributed by atoms with Crippen molar-refractivity contribution in [1.82, 2.24) is 5.32 Å². The summed E-state index contributed by atoms with van der Waals surface area (Å²) in [6.07, 6.45) is 2.25. The molecule has 2 nitrogen and oxygen atoms in total. The Morgan fingerprint density at radius 2 is 2.24 bits per heavy atom. The van der Waals surface area contributed by atoms with Crippen LogP contribution in [0.4, 0.5) is 0 Å². The highest BCUT2D eigenvalue weighted by Crippen LogP contribution is 2.15. The first-order valence-electron chi connectivity index (χ1n) is 6.20. The predicted molar refractivity (Wildman–Crippen MR) is 73.7 cm³/mol. The maximum absolute atomic E-state index is 5.98. The lowest BCUT2D eigenvalue weighted by molar-refractivity contribution is 0.197. The first-order valence-corrected chi connectivity index (χ1v) is 6.58. The van der Waals surface area contributed by atoms with Crippen molar-refractivity contribution in [3.05, 3.63) is 34.9 Å². The molecule has 0 saturated heterocycles. The highest BCUT2D eigenvalue weighted by molar-refractivity contribution is 6.30. The molecular weight excluding hydrogens is 234 g/mol. The second kappa shape index (κ2) is 8.51. The monoisotopic (exact) mass is 255 g/mol. The Bertz CT molecular complexity index is 317. The van der Waals surface area contributed by atoms with Gasteiger partial charge in [-0.2, -0.15) is 0 Å². The first-order chi connectivity index (χ1) is 8.26. The zero-order chi connectivity index (χ0) is 12.5. The quantitative estimate of drug-likeness (QED) is 0.721. The number of ether oxygens (including phenoxy) is 1. The molecule has 17 heavy (non-hydrogen) atoms. The summed E-state index contributed by atoms with van der Waals surface area (Å²) in [4.78, 5) is 0. The zero-order valence-corrected chi connectivity index (χ0v) is 11.5. The van der Waals surface area contributed by atoms with Crippen LogP contribution in [-0.2, 0) is 11.2 Å². The molecular formula is C14H22ClNO. The van der Waals surface area contributed by atoms with Crippen molar-refractivity contribution in [1.29, 1.82) is 0 Å². The third-order valence-electron chi connectivity index (χ3n) is 2.91. The van der Waals surface area contributed by atoms with Gasteiger partial charge in [-0.15, -0.1) is 0 Å². The summed E-state index contributed by atoms with van der Waals surface area (Å²) < 4.78 is 5.01. The van der Waals surface area contributed by atoms with Gasteiger partial charge in [0.1, 0.15) is 0 Å². The number of benzene rings is 1. The standard InChI is InChI=1S/C14H22ClNO/c1-3-12(11-16-7-8-17-2)9-13-5-4-6-14(15)10-13/h4-6,10,12,16H,3,7-9,11H2,1-2H3. The van der Waals surface area contributed by atoms with Gasteiger partial charge in [-0.05, 0) is 36.6 Å². The molecule has 0 aliphatic carbocycles. The largest absolute Gasteiger partial charge is 0.383 e. The van der Waals surface area contributed by atoms with Crippen LogP contribution in [0.1, 0.15) is 18.9 Å². The number of methoxy groups -OCH3 is 1. The molecule has 0 saturated carbocycles. The fourth-order valence-corrected chi connectivity index (χ4v) is 2.05. The molecule has 0 fully saturated rings. The summed E-state index contributed by atoms with van der Waals surface area (Å²) in [5, 5.41) is 4.24. The van der Waals surface area contributed by atoms with Crippen molar-refractivity contribution in [2.24, 2.45) is 5.92 Å². The molecule has 1 N–H and O–H groups in total. The van der Waals surface area contributed by atoms with Gasteiger partial charge in [0, 0.05) is 18.7 Å². The second-order valence-electron chi connectivity index (χ2n) is 4.31. The Labute approximate surface area is 109 Å². The molecule has 0 aliphatic rings. The van der Waals surface area contributed by atoms with Crippen LogP contribution >= 0.6 is 11.6 Å². The first kappa shape index (κ1) is 14.5. The second-order valence-corrected chi connectivity index (χ2v) is 4.74. The van der Waals surface area contributed by atoms with Crippen molar-refractivity contribution in [3.63, 3.8) is 0 Å². The van der Waals surface area contributed by atoms with Crippen LogP contribution in [0.2, 0.25) is 5.02 Å². The van der Waals surface area contributed by atoms with E-state index < -0.39 is 0 Å². The minimum atomic E-state index is 0.658. The minimum absolute atomic E-state index is 0.658. The van der Waals surface area contributed by atoms with E-state index in [1.54, 1.807) is 7.11 Å². The van der Waals surface area contributed by atoms with Crippen molar-refractivity contribution in [3.8, 4) is 0 Å². The van der Waals surface area contributed by atoms with E-state index in [-0.39, 0.29) is 0 Å². The summed E-state index contributed by atoms with van der Waals surface area (Å²) in [6, 6.07) is 8.13. The van der Waals surface area contributed by atoms with Crippen molar-refractivity contribution < 1.29 is 4.74 Å². The molecule has 1 atom stereocenters. The topological polar surface area (TPSA) is 21.3 Å². The van der Waals surface area contributed by atoms with E-state index in [0.29, 0.717) is 5.92 Å². The van der Waals surface area contributed by atoms with Crippen LogP contribution in [-0.4, -0.2) is 26.8 Å². The Morgan fingerprint density at radius 1 is 1.41 bits per heavy atom. The molecule has 0 bridgehead atoms. The number of hydrogen-bond acceptors (Lipinski definition) is 2. The van der Waals surface area contributed by atoms with E-state index in [1.165, 1.54) is 12.0 Å². The zero-order valence-electron chi connectivity index (χ0n) is 10.7. The smallest absolute Gasteiger partial charge is 0.0587 e. The van der Waals surface area contributed by atoms with Crippen molar-refractivity contribution in [2.45, 2.75) is 19.8 Å². The SMILES string of the molecule is CCC(CNCCOC)Cc1cccc(Cl)c1. The lowest BCUT2D eigenvalue weighted by Gasteiger charge is -2.15.